The van der Waals surface area contributed by atoms with Crippen molar-refractivity contribution in [3.8, 4) is 0 Å². The number of carboxylic acid groups (broad SMARTS) is 1. The highest BCUT2D eigenvalue weighted by Crippen LogP contribution is 1.84. The third-order valence-corrected chi connectivity index (χ3v) is 0.701. The molecule has 0 aromatic heterocycles. The van der Waals surface area contributed by atoms with Gasteiger partial charge in [-0.3, -0.25) is 10.2 Å². The summed E-state index contributed by atoms with van der Waals surface area (Å²) in [4.78, 5) is 9.00. The maximum atomic E-state index is 9.00. The predicted octanol–water partition coefficient (Wildman–Crippen LogP) is 0.216. The van der Waals surface area contributed by atoms with Gasteiger partial charge in [-0.05, 0) is 5.92 Å². The Bertz CT molecular complexity index is 142. The third-order valence-electron chi connectivity index (χ3n) is 0.701. The maximum absolute atomic E-state index is 9.00. The van der Waals surface area contributed by atoms with Crippen LogP contribution in [0.3, 0.4) is 0 Å². The van der Waals surface area contributed by atoms with Crippen LogP contribution >= 0.6 is 0 Å². The molecule has 0 aliphatic heterocycles. The van der Waals surface area contributed by atoms with E-state index in [1.54, 1.807) is 0 Å². The average Bonchev–Trinajstić information content (AvgIpc) is 1.82. The second kappa shape index (κ2) is 7.84. The van der Waals surface area contributed by atoms with Crippen molar-refractivity contribution in [1.82, 2.24) is 5.32 Å². The van der Waals surface area contributed by atoms with Crippen LogP contribution in [0.15, 0.2) is 0 Å². The lowest BCUT2D eigenvalue weighted by molar-refractivity contribution is -0.134. The van der Waals surface area contributed by atoms with Gasteiger partial charge in [0.15, 0.2) is 5.96 Å². The fourth-order valence-electron chi connectivity index (χ4n) is 0.314. The van der Waals surface area contributed by atoms with Crippen molar-refractivity contribution < 1.29 is 9.90 Å². The van der Waals surface area contributed by atoms with Crippen molar-refractivity contribution in [3.63, 3.8) is 0 Å². The lowest BCUT2D eigenvalue weighted by Gasteiger charge is -2.04. The van der Waals surface area contributed by atoms with Gasteiger partial charge in [0.05, 0.1) is 0 Å². The van der Waals surface area contributed by atoms with E-state index in [0.717, 1.165) is 13.5 Å². The maximum Gasteiger partial charge on any atom is 0.300 e. The van der Waals surface area contributed by atoms with Crippen molar-refractivity contribution in [2.75, 3.05) is 6.54 Å². The summed E-state index contributed by atoms with van der Waals surface area (Å²) in [5, 5.41) is 16.9. The molecule has 5 N–H and O–H groups in total. The SMILES string of the molecule is CC(=O)O.CC(C)CNC(=N)N. The van der Waals surface area contributed by atoms with Gasteiger partial charge in [0, 0.05) is 13.5 Å². The van der Waals surface area contributed by atoms with E-state index >= 15 is 0 Å². The number of carboxylic acids is 1. The van der Waals surface area contributed by atoms with E-state index < -0.39 is 5.97 Å². The Kier molecular flexibility index (Phi) is 8.72. The molecule has 0 saturated heterocycles. The van der Waals surface area contributed by atoms with Crippen molar-refractivity contribution in [2.24, 2.45) is 11.7 Å². The zero-order chi connectivity index (χ0) is 10.1. The first kappa shape index (κ1) is 13.3. The molecule has 0 bridgehead atoms. The van der Waals surface area contributed by atoms with Crippen molar-refractivity contribution >= 4 is 11.9 Å². The average molecular weight is 175 g/mol. The number of guanidine groups is 1. The summed E-state index contributed by atoms with van der Waals surface area (Å²) in [5.74, 6) is -0.224. The summed E-state index contributed by atoms with van der Waals surface area (Å²) in [6.07, 6.45) is 0. The van der Waals surface area contributed by atoms with Crippen LogP contribution in [0.5, 0.6) is 0 Å². The normalized spacial score (nSPS) is 8.33. The standard InChI is InChI=1S/C5H13N3.C2H4O2/c1-4(2)3-8-5(6)7;1-2(3)4/h4H,3H2,1-2H3,(H4,6,7,8);1H3,(H,3,4). The topological polar surface area (TPSA) is 99.2 Å². The van der Waals surface area contributed by atoms with Gasteiger partial charge in [-0.15, -0.1) is 0 Å². The largest absolute Gasteiger partial charge is 0.481 e. The molecule has 0 radical (unpaired) electrons. The first-order valence-electron chi connectivity index (χ1n) is 3.63. The summed E-state index contributed by atoms with van der Waals surface area (Å²) < 4.78 is 0. The molecule has 0 fully saturated rings. The summed E-state index contributed by atoms with van der Waals surface area (Å²) in [7, 11) is 0. The molecule has 0 aliphatic carbocycles. The number of hydrogen-bond donors (Lipinski definition) is 4. The summed E-state index contributed by atoms with van der Waals surface area (Å²) in [6, 6.07) is 0. The van der Waals surface area contributed by atoms with E-state index in [9.17, 15) is 0 Å². The molecule has 72 valence electrons. The smallest absolute Gasteiger partial charge is 0.300 e. The Morgan fingerprint density at radius 3 is 2.08 bits per heavy atom. The molecule has 0 saturated carbocycles. The van der Waals surface area contributed by atoms with Gasteiger partial charge < -0.3 is 16.2 Å². The Morgan fingerprint density at radius 1 is 1.67 bits per heavy atom. The molecule has 5 nitrogen and oxygen atoms in total. The van der Waals surface area contributed by atoms with Crippen LogP contribution < -0.4 is 11.1 Å². The molecule has 0 aliphatic rings. The lowest BCUT2D eigenvalue weighted by Crippen LogP contribution is -2.32. The minimum absolute atomic E-state index is 0.0544. The molecule has 0 rings (SSSR count). The summed E-state index contributed by atoms with van der Waals surface area (Å²) in [5.41, 5.74) is 5.01. The summed E-state index contributed by atoms with van der Waals surface area (Å²) >= 11 is 0. The molecule has 0 aromatic carbocycles. The zero-order valence-electron chi connectivity index (χ0n) is 7.72. The predicted molar refractivity (Wildman–Crippen MR) is 48.1 cm³/mol. The number of carbonyl (C=O) groups is 1. The summed E-state index contributed by atoms with van der Waals surface area (Å²) in [6.45, 7) is 6.00. The highest BCUT2D eigenvalue weighted by Gasteiger charge is 1.90. The fourth-order valence-corrected chi connectivity index (χ4v) is 0.314. The van der Waals surface area contributed by atoms with Crippen LogP contribution in [0.1, 0.15) is 20.8 Å². The van der Waals surface area contributed by atoms with Crippen molar-refractivity contribution in [2.45, 2.75) is 20.8 Å². The molecule has 0 heterocycles. The van der Waals surface area contributed by atoms with Gasteiger partial charge in [0.2, 0.25) is 0 Å². The van der Waals surface area contributed by atoms with E-state index in [1.165, 1.54) is 0 Å². The van der Waals surface area contributed by atoms with Gasteiger partial charge >= 0.3 is 0 Å². The van der Waals surface area contributed by atoms with Gasteiger partial charge in [-0.2, -0.15) is 0 Å². The minimum Gasteiger partial charge on any atom is -0.481 e. The third kappa shape index (κ3) is 37.4. The number of hydrogen-bond acceptors (Lipinski definition) is 2. The minimum atomic E-state index is -0.833. The Labute approximate surface area is 72.5 Å². The van der Waals surface area contributed by atoms with Crippen LogP contribution in [0.25, 0.3) is 0 Å². The van der Waals surface area contributed by atoms with Crippen LogP contribution in [-0.2, 0) is 4.79 Å². The second-order valence-corrected chi connectivity index (χ2v) is 2.71. The zero-order valence-corrected chi connectivity index (χ0v) is 7.72. The highest BCUT2D eigenvalue weighted by molar-refractivity contribution is 5.74. The first-order valence-corrected chi connectivity index (χ1v) is 3.63. The van der Waals surface area contributed by atoms with Gasteiger partial charge in [0.1, 0.15) is 0 Å². The molecule has 5 heteroatoms. The van der Waals surface area contributed by atoms with Gasteiger partial charge in [-0.1, -0.05) is 13.8 Å². The van der Waals surface area contributed by atoms with E-state index in [0.29, 0.717) is 5.92 Å². The van der Waals surface area contributed by atoms with E-state index in [-0.39, 0.29) is 5.96 Å². The number of nitrogens with two attached hydrogens (primary N) is 1. The molecule has 12 heavy (non-hydrogen) atoms. The molecule has 0 atom stereocenters. The fraction of sp³-hybridized carbons (Fsp3) is 0.714. The van der Waals surface area contributed by atoms with Gasteiger partial charge in [-0.25, -0.2) is 0 Å². The lowest BCUT2D eigenvalue weighted by atomic mass is 10.2. The van der Waals surface area contributed by atoms with E-state index in [2.05, 4.69) is 19.2 Å². The van der Waals surface area contributed by atoms with E-state index in [4.69, 9.17) is 21.0 Å². The van der Waals surface area contributed by atoms with Crippen molar-refractivity contribution in [1.29, 1.82) is 5.41 Å². The molecule has 0 spiro atoms. The van der Waals surface area contributed by atoms with Crippen LogP contribution in [0.2, 0.25) is 0 Å². The number of aliphatic carboxylic acids is 1. The molecule has 0 amide bonds. The Morgan fingerprint density at radius 2 is 2.00 bits per heavy atom. The molecular formula is C7H17N3O2. The van der Waals surface area contributed by atoms with E-state index in [1.807, 2.05) is 0 Å². The Hall–Kier alpha value is -1.26. The monoisotopic (exact) mass is 175 g/mol. The van der Waals surface area contributed by atoms with Crippen LogP contribution in [0, 0.1) is 11.3 Å². The van der Waals surface area contributed by atoms with Crippen LogP contribution in [-0.4, -0.2) is 23.6 Å². The quantitative estimate of drug-likeness (QED) is 0.356. The highest BCUT2D eigenvalue weighted by atomic mass is 16.4. The second-order valence-electron chi connectivity index (χ2n) is 2.71. The van der Waals surface area contributed by atoms with Crippen molar-refractivity contribution in [3.05, 3.63) is 0 Å². The van der Waals surface area contributed by atoms with Crippen LogP contribution in [0.4, 0.5) is 0 Å². The first-order chi connectivity index (χ1) is 5.36. The number of rotatable bonds is 2. The molecule has 0 unspecified atom stereocenters. The number of nitrogens with one attached hydrogen (secondary N) is 2. The molecule has 0 aromatic rings. The Balaban J connectivity index is 0. The molecular weight excluding hydrogens is 158 g/mol. The van der Waals surface area contributed by atoms with Gasteiger partial charge in [0.25, 0.3) is 5.97 Å².